The van der Waals surface area contributed by atoms with Crippen LogP contribution in [0, 0.1) is 17.8 Å². The topological polar surface area (TPSA) is 52.0 Å². The third kappa shape index (κ3) is 6.37. The molecule has 0 spiro atoms. The van der Waals surface area contributed by atoms with Crippen molar-refractivity contribution in [2.75, 3.05) is 11.5 Å². The van der Waals surface area contributed by atoms with E-state index in [0.29, 0.717) is 0 Å². The van der Waals surface area contributed by atoms with Crippen LogP contribution in [0.1, 0.15) is 29.5 Å². The summed E-state index contributed by atoms with van der Waals surface area (Å²) in [5.41, 5.74) is 9.26. The molecule has 0 unspecified atom stereocenters. The molecule has 2 nitrogen and oxygen atoms in total. The molecule has 0 radical (unpaired) electrons. The molecule has 0 heterocycles. The zero-order valence-corrected chi connectivity index (χ0v) is 15.8. The van der Waals surface area contributed by atoms with Crippen molar-refractivity contribution < 1.29 is 26.3 Å². The fraction of sp³-hybridized carbons (Fsp3) is 0.263. The van der Waals surface area contributed by atoms with Gasteiger partial charge in [-0.1, -0.05) is 27.8 Å². The van der Waals surface area contributed by atoms with Gasteiger partial charge in [-0.15, -0.1) is 0 Å². The van der Waals surface area contributed by atoms with Gasteiger partial charge in [0, 0.05) is 27.3 Å². The van der Waals surface area contributed by atoms with E-state index in [1.54, 1.807) is 0 Å². The second kappa shape index (κ2) is 8.35. The van der Waals surface area contributed by atoms with Gasteiger partial charge >= 0.3 is 12.4 Å². The minimum atomic E-state index is -4.40. The summed E-state index contributed by atoms with van der Waals surface area (Å²) >= 11 is 2.79. The summed E-state index contributed by atoms with van der Waals surface area (Å²) < 4.78 is 74.4. The van der Waals surface area contributed by atoms with Crippen molar-refractivity contribution in [1.29, 1.82) is 0 Å². The van der Waals surface area contributed by atoms with E-state index in [4.69, 9.17) is 11.5 Å². The monoisotopic (exact) mass is 464 g/mol. The molecular formula is C19H15BrF6N2. The van der Waals surface area contributed by atoms with E-state index in [-0.39, 0.29) is 27.3 Å². The minimum absolute atomic E-state index is 0.00389. The first-order valence-electron chi connectivity index (χ1n) is 7.98. The summed E-state index contributed by atoms with van der Waals surface area (Å²) in [5, 5.41) is 0. The first-order chi connectivity index (χ1) is 12.9. The predicted molar refractivity (Wildman–Crippen MR) is 99.0 cm³/mol. The molecule has 3 rings (SSSR count). The SMILES string of the molecule is Nc1ccc(Br)c(C(F)(F)F)c1.Nc1ccc(C#CC2CC2)c(C(F)(F)F)c1. The zero-order chi connectivity index (χ0) is 21.1. The standard InChI is InChI=1S/C12H10F3N.C7H5BrF3N/c13-12(14,15)11-7-10(16)6-5-9(11)4-3-8-1-2-8;8-6-2-1-4(12)3-5(6)7(9,10)11/h5-8H,1-2,16H2;1-3H,12H2. The van der Waals surface area contributed by atoms with Crippen LogP contribution in [0.25, 0.3) is 0 Å². The normalized spacial score (nSPS) is 13.8. The molecule has 0 aromatic heterocycles. The van der Waals surface area contributed by atoms with Crippen LogP contribution >= 0.6 is 15.9 Å². The van der Waals surface area contributed by atoms with Crippen LogP contribution < -0.4 is 11.5 Å². The third-order valence-electron chi connectivity index (χ3n) is 3.63. The van der Waals surface area contributed by atoms with Crippen molar-refractivity contribution in [2.45, 2.75) is 25.2 Å². The molecular weight excluding hydrogens is 450 g/mol. The van der Waals surface area contributed by atoms with Crippen LogP contribution in [-0.2, 0) is 12.4 Å². The first-order valence-corrected chi connectivity index (χ1v) is 8.77. The van der Waals surface area contributed by atoms with E-state index in [1.807, 2.05) is 0 Å². The van der Waals surface area contributed by atoms with E-state index in [1.165, 1.54) is 24.3 Å². The molecule has 0 saturated heterocycles. The molecule has 0 bridgehead atoms. The number of nitrogens with two attached hydrogens (primary N) is 2. The highest BCUT2D eigenvalue weighted by molar-refractivity contribution is 9.10. The Hall–Kier alpha value is -2.34. The molecule has 2 aromatic carbocycles. The maximum atomic E-state index is 12.6. The van der Waals surface area contributed by atoms with Crippen molar-refractivity contribution >= 4 is 27.3 Å². The smallest absolute Gasteiger partial charge is 0.399 e. The van der Waals surface area contributed by atoms with Gasteiger partial charge in [-0.05, 0) is 49.2 Å². The summed E-state index contributed by atoms with van der Waals surface area (Å²) in [5.74, 6) is 5.67. The van der Waals surface area contributed by atoms with E-state index >= 15 is 0 Å². The summed E-state index contributed by atoms with van der Waals surface area (Å²) in [6.07, 6.45) is -6.77. The molecule has 1 fully saturated rings. The third-order valence-corrected chi connectivity index (χ3v) is 4.32. The second-order valence-corrected chi connectivity index (χ2v) is 6.94. The Morgan fingerprint density at radius 1 is 0.821 bits per heavy atom. The molecule has 0 atom stereocenters. The van der Waals surface area contributed by atoms with Gasteiger partial charge < -0.3 is 11.5 Å². The van der Waals surface area contributed by atoms with E-state index in [0.717, 1.165) is 25.0 Å². The van der Waals surface area contributed by atoms with Gasteiger partial charge in [-0.3, -0.25) is 0 Å². The predicted octanol–water partition coefficient (Wildman–Crippen LogP) is 6.10. The number of rotatable bonds is 0. The van der Waals surface area contributed by atoms with Gasteiger partial charge in [-0.25, -0.2) is 0 Å². The molecule has 0 aliphatic heterocycles. The lowest BCUT2D eigenvalue weighted by Crippen LogP contribution is -2.08. The van der Waals surface area contributed by atoms with Crippen LogP contribution in [0.3, 0.4) is 0 Å². The maximum absolute atomic E-state index is 12.6. The summed E-state index contributed by atoms with van der Waals surface area (Å²) in [6, 6.07) is 7.26. The van der Waals surface area contributed by atoms with Crippen LogP contribution in [0.15, 0.2) is 40.9 Å². The van der Waals surface area contributed by atoms with Crippen LogP contribution in [-0.4, -0.2) is 0 Å². The number of hydrogen-bond donors (Lipinski definition) is 2. The fourth-order valence-corrected chi connectivity index (χ4v) is 2.54. The van der Waals surface area contributed by atoms with Gasteiger partial charge in [0.05, 0.1) is 11.1 Å². The Labute approximate surface area is 166 Å². The van der Waals surface area contributed by atoms with Crippen molar-refractivity contribution in [3.63, 3.8) is 0 Å². The quantitative estimate of drug-likeness (QED) is 0.281. The number of hydrogen-bond acceptors (Lipinski definition) is 2. The Kier molecular flexibility index (Phi) is 6.55. The molecule has 28 heavy (non-hydrogen) atoms. The van der Waals surface area contributed by atoms with Crippen LogP contribution in [0.2, 0.25) is 0 Å². The Balaban J connectivity index is 0.000000209. The summed E-state index contributed by atoms with van der Waals surface area (Å²) in [4.78, 5) is 0. The highest BCUT2D eigenvalue weighted by atomic mass is 79.9. The lowest BCUT2D eigenvalue weighted by Gasteiger charge is -2.09. The highest BCUT2D eigenvalue weighted by Crippen LogP contribution is 2.36. The van der Waals surface area contributed by atoms with Crippen molar-refractivity contribution in [3.05, 3.63) is 57.6 Å². The lowest BCUT2D eigenvalue weighted by atomic mass is 10.1. The Morgan fingerprint density at radius 2 is 1.32 bits per heavy atom. The van der Waals surface area contributed by atoms with Gasteiger partial charge in [0.15, 0.2) is 0 Å². The first kappa shape index (κ1) is 22.0. The molecule has 1 aliphatic rings. The minimum Gasteiger partial charge on any atom is -0.399 e. The average Bonchev–Trinajstić information content (AvgIpc) is 3.39. The van der Waals surface area contributed by atoms with E-state index < -0.39 is 23.5 Å². The Bertz CT molecular complexity index is 905. The summed E-state index contributed by atoms with van der Waals surface area (Å²) in [6.45, 7) is 0. The van der Waals surface area contributed by atoms with E-state index in [2.05, 4.69) is 27.8 Å². The number of halogens is 7. The lowest BCUT2D eigenvalue weighted by molar-refractivity contribution is -0.138. The molecule has 1 saturated carbocycles. The summed E-state index contributed by atoms with van der Waals surface area (Å²) in [7, 11) is 0. The maximum Gasteiger partial charge on any atom is 0.417 e. The van der Waals surface area contributed by atoms with Gasteiger partial charge in [0.2, 0.25) is 0 Å². The van der Waals surface area contributed by atoms with Crippen LogP contribution in [0.5, 0.6) is 0 Å². The number of benzene rings is 2. The second-order valence-electron chi connectivity index (χ2n) is 6.08. The van der Waals surface area contributed by atoms with Crippen molar-refractivity contribution in [3.8, 4) is 11.8 Å². The Morgan fingerprint density at radius 3 is 1.79 bits per heavy atom. The average molecular weight is 465 g/mol. The van der Waals surface area contributed by atoms with Crippen molar-refractivity contribution in [2.24, 2.45) is 5.92 Å². The number of nitrogen functional groups attached to an aromatic ring is 2. The molecule has 1 aliphatic carbocycles. The molecule has 0 amide bonds. The van der Waals surface area contributed by atoms with Gasteiger partial charge in [0.1, 0.15) is 0 Å². The fourth-order valence-electron chi connectivity index (χ4n) is 2.07. The van der Waals surface area contributed by atoms with Crippen molar-refractivity contribution in [1.82, 2.24) is 0 Å². The van der Waals surface area contributed by atoms with E-state index in [9.17, 15) is 26.3 Å². The largest absolute Gasteiger partial charge is 0.417 e. The van der Waals surface area contributed by atoms with Gasteiger partial charge in [0.25, 0.3) is 0 Å². The number of anilines is 2. The molecule has 4 N–H and O–H groups in total. The molecule has 9 heteroatoms. The van der Waals surface area contributed by atoms with Crippen LogP contribution in [0.4, 0.5) is 37.7 Å². The molecule has 2 aromatic rings. The highest BCUT2D eigenvalue weighted by Gasteiger charge is 2.34. The molecule has 150 valence electrons. The number of alkyl halides is 6. The zero-order valence-electron chi connectivity index (χ0n) is 14.3. The van der Waals surface area contributed by atoms with Gasteiger partial charge in [-0.2, -0.15) is 26.3 Å².